The third kappa shape index (κ3) is 4.41. The lowest BCUT2D eigenvalue weighted by Gasteiger charge is -2.13. The number of ether oxygens (including phenoxy) is 1. The van der Waals surface area contributed by atoms with Gasteiger partial charge in [-0.3, -0.25) is 10.1 Å². The van der Waals surface area contributed by atoms with E-state index in [1.807, 2.05) is 42.5 Å². The fourth-order valence-corrected chi connectivity index (χ4v) is 2.35. The van der Waals surface area contributed by atoms with Gasteiger partial charge in [0.1, 0.15) is 18.5 Å². The van der Waals surface area contributed by atoms with E-state index >= 15 is 0 Å². The first-order valence-corrected chi connectivity index (χ1v) is 7.82. The van der Waals surface area contributed by atoms with Crippen LogP contribution in [-0.4, -0.2) is 39.5 Å². The topological polar surface area (TPSA) is 83.1 Å². The van der Waals surface area contributed by atoms with Crippen molar-refractivity contribution in [2.75, 3.05) is 13.2 Å². The number of H-pyrrole nitrogens is 1. The minimum atomic E-state index is -0.584. The zero-order valence-corrected chi connectivity index (χ0v) is 13.2. The van der Waals surface area contributed by atoms with Gasteiger partial charge < -0.3 is 15.2 Å². The van der Waals surface area contributed by atoms with E-state index in [4.69, 9.17) is 4.74 Å². The number of hydrogen-bond donors (Lipinski definition) is 3. The van der Waals surface area contributed by atoms with Crippen LogP contribution in [0.3, 0.4) is 0 Å². The van der Waals surface area contributed by atoms with Gasteiger partial charge in [-0.15, -0.1) is 0 Å². The number of benzene rings is 1. The van der Waals surface area contributed by atoms with Crippen LogP contribution in [0.4, 0.5) is 0 Å². The number of nitrogens with one attached hydrogen (secondary N) is 2. The predicted molar refractivity (Wildman–Crippen MR) is 91.5 cm³/mol. The maximum Gasteiger partial charge on any atom is 0.119 e. The highest BCUT2D eigenvalue weighted by atomic mass is 16.5. The van der Waals surface area contributed by atoms with Crippen molar-refractivity contribution < 1.29 is 9.84 Å². The zero-order valence-electron chi connectivity index (χ0n) is 13.2. The van der Waals surface area contributed by atoms with Crippen molar-refractivity contribution in [1.29, 1.82) is 0 Å². The monoisotopic (exact) mass is 324 g/mol. The van der Waals surface area contributed by atoms with E-state index in [-0.39, 0.29) is 6.61 Å². The Kier molecular flexibility index (Phi) is 5.55. The van der Waals surface area contributed by atoms with E-state index in [9.17, 15) is 5.11 Å². The molecule has 0 bridgehead atoms. The molecule has 0 fully saturated rings. The second-order valence-corrected chi connectivity index (χ2v) is 5.42. The van der Waals surface area contributed by atoms with E-state index in [2.05, 4.69) is 20.5 Å². The number of hydrogen-bond acceptors (Lipinski definition) is 5. The predicted octanol–water partition coefficient (Wildman–Crippen LogP) is 2.00. The molecule has 0 aliphatic carbocycles. The molecule has 6 heteroatoms. The van der Waals surface area contributed by atoms with Crippen LogP contribution >= 0.6 is 0 Å². The average molecular weight is 324 g/mol. The Hall–Kier alpha value is -2.70. The molecule has 2 heterocycles. The van der Waals surface area contributed by atoms with Gasteiger partial charge in [0.25, 0.3) is 0 Å². The van der Waals surface area contributed by atoms with Crippen LogP contribution in [0.1, 0.15) is 5.56 Å². The molecule has 3 aromatic rings. The lowest BCUT2D eigenvalue weighted by molar-refractivity contribution is 0.106. The summed E-state index contributed by atoms with van der Waals surface area (Å²) in [4.78, 5) is 4.12. The number of aromatic amines is 1. The largest absolute Gasteiger partial charge is 0.491 e. The second kappa shape index (κ2) is 8.24. The van der Waals surface area contributed by atoms with Crippen LogP contribution in [0.25, 0.3) is 11.3 Å². The molecule has 1 atom stereocenters. The molecular weight excluding hydrogens is 304 g/mol. The summed E-state index contributed by atoms with van der Waals surface area (Å²) >= 11 is 0. The normalized spacial score (nSPS) is 12.0. The van der Waals surface area contributed by atoms with Gasteiger partial charge in [0.2, 0.25) is 0 Å². The third-order valence-corrected chi connectivity index (χ3v) is 3.55. The first-order chi connectivity index (χ1) is 11.8. The lowest BCUT2D eigenvalue weighted by Crippen LogP contribution is -2.31. The van der Waals surface area contributed by atoms with Crippen LogP contribution in [0.2, 0.25) is 0 Å². The van der Waals surface area contributed by atoms with Gasteiger partial charge in [0, 0.05) is 36.6 Å². The minimum absolute atomic E-state index is 0.248. The average Bonchev–Trinajstić information content (AvgIpc) is 3.10. The number of rotatable bonds is 8. The molecule has 0 unspecified atom stereocenters. The number of aliphatic hydroxyl groups excluding tert-OH is 1. The Morgan fingerprint density at radius 2 is 2.00 bits per heavy atom. The second-order valence-electron chi connectivity index (χ2n) is 5.42. The van der Waals surface area contributed by atoms with Crippen molar-refractivity contribution >= 4 is 0 Å². The van der Waals surface area contributed by atoms with Gasteiger partial charge in [-0.2, -0.15) is 5.10 Å². The van der Waals surface area contributed by atoms with E-state index in [0.29, 0.717) is 13.1 Å². The highest BCUT2D eigenvalue weighted by Crippen LogP contribution is 2.19. The van der Waals surface area contributed by atoms with Crippen LogP contribution in [0.15, 0.2) is 61.1 Å². The number of nitrogens with zero attached hydrogens (tertiary/aromatic N) is 2. The highest BCUT2D eigenvalue weighted by molar-refractivity contribution is 5.61. The summed E-state index contributed by atoms with van der Waals surface area (Å²) in [6.07, 6.45) is 4.72. The molecule has 3 N–H and O–H groups in total. The van der Waals surface area contributed by atoms with Gasteiger partial charge in [0.05, 0.1) is 11.9 Å². The minimum Gasteiger partial charge on any atom is -0.491 e. The molecule has 1 aromatic carbocycles. The lowest BCUT2D eigenvalue weighted by atomic mass is 10.1. The molecule has 24 heavy (non-hydrogen) atoms. The fourth-order valence-electron chi connectivity index (χ4n) is 2.35. The molecule has 0 aliphatic rings. The Balaban J connectivity index is 1.46. The van der Waals surface area contributed by atoms with Gasteiger partial charge in [-0.25, -0.2) is 0 Å². The molecule has 0 aliphatic heterocycles. The van der Waals surface area contributed by atoms with Crippen molar-refractivity contribution in [2.24, 2.45) is 0 Å². The van der Waals surface area contributed by atoms with Gasteiger partial charge in [-0.1, -0.05) is 18.2 Å². The van der Waals surface area contributed by atoms with Crippen molar-refractivity contribution in [3.63, 3.8) is 0 Å². The molecule has 3 rings (SSSR count). The Morgan fingerprint density at radius 3 is 2.79 bits per heavy atom. The highest BCUT2D eigenvalue weighted by Gasteiger charge is 2.09. The van der Waals surface area contributed by atoms with Crippen molar-refractivity contribution in [2.45, 2.75) is 12.6 Å². The maximum absolute atomic E-state index is 10.0. The molecular formula is C18H20N4O2. The molecule has 0 radical (unpaired) electrons. The fraction of sp³-hybridized carbons (Fsp3) is 0.222. The van der Waals surface area contributed by atoms with E-state index in [1.165, 1.54) is 0 Å². The van der Waals surface area contributed by atoms with Crippen LogP contribution in [0.5, 0.6) is 5.75 Å². The van der Waals surface area contributed by atoms with Crippen molar-refractivity contribution in [3.05, 3.63) is 66.6 Å². The summed E-state index contributed by atoms with van der Waals surface area (Å²) in [5.41, 5.74) is 2.95. The van der Waals surface area contributed by atoms with Crippen LogP contribution in [0, 0.1) is 0 Å². The smallest absolute Gasteiger partial charge is 0.119 e. The molecule has 0 saturated carbocycles. The van der Waals surface area contributed by atoms with Crippen LogP contribution < -0.4 is 10.1 Å². The standard InChI is InChI=1S/C18H20N4O2/c23-16(13-24-17-6-2-1-3-7-17)12-20-10-15-11-21-22-18(15)14-5-4-8-19-9-14/h1-9,11,16,20,23H,10,12-13H2,(H,21,22)/t16-/m1/s1. The SMILES string of the molecule is O[C@H](CNCc1cn[nH]c1-c1cccnc1)COc1ccccc1. The molecule has 0 saturated heterocycles. The summed E-state index contributed by atoms with van der Waals surface area (Å²) in [6.45, 7) is 1.28. The zero-order chi connectivity index (χ0) is 16.6. The first kappa shape index (κ1) is 16.2. The van der Waals surface area contributed by atoms with Gasteiger partial charge in [0.15, 0.2) is 0 Å². The number of para-hydroxylation sites is 1. The Morgan fingerprint density at radius 1 is 1.12 bits per heavy atom. The van der Waals surface area contributed by atoms with Crippen molar-refractivity contribution in [3.8, 4) is 17.0 Å². The van der Waals surface area contributed by atoms with Gasteiger partial charge in [-0.05, 0) is 24.3 Å². The van der Waals surface area contributed by atoms with E-state index < -0.39 is 6.10 Å². The first-order valence-electron chi connectivity index (χ1n) is 7.82. The summed E-state index contributed by atoms with van der Waals surface area (Å²) in [5, 5.41) is 20.3. The van der Waals surface area contributed by atoms with E-state index in [0.717, 1.165) is 22.6 Å². The quantitative estimate of drug-likeness (QED) is 0.590. The Bertz CT molecular complexity index is 731. The number of aromatic nitrogens is 3. The van der Waals surface area contributed by atoms with Crippen LogP contribution in [-0.2, 0) is 6.54 Å². The third-order valence-electron chi connectivity index (χ3n) is 3.55. The molecule has 0 amide bonds. The van der Waals surface area contributed by atoms with E-state index in [1.54, 1.807) is 18.6 Å². The summed E-state index contributed by atoms with van der Waals surface area (Å²) < 4.78 is 5.53. The number of pyridine rings is 1. The Labute approximate surface area is 140 Å². The molecule has 0 spiro atoms. The summed E-state index contributed by atoms with van der Waals surface area (Å²) in [5.74, 6) is 0.755. The maximum atomic E-state index is 10.0. The molecule has 2 aromatic heterocycles. The summed E-state index contributed by atoms with van der Waals surface area (Å²) in [6, 6.07) is 13.3. The summed E-state index contributed by atoms with van der Waals surface area (Å²) in [7, 11) is 0. The molecule has 6 nitrogen and oxygen atoms in total. The van der Waals surface area contributed by atoms with Crippen molar-refractivity contribution in [1.82, 2.24) is 20.5 Å². The van der Waals surface area contributed by atoms with Gasteiger partial charge >= 0.3 is 0 Å². The number of aliphatic hydroxyl groups is 1. The molecule has 124 valence electrons.